The number of nitrogens with zero attached hydrogens (tertiary/aromatic N) is 1. The Morgan fingerprint density at radius 2 is 1.86 bits per heavy atom. The van der Waals surface area contributed by atoms with E-state index in [1.807, 2.05) is 12.1 Å². The molecule has 0 saturated heterocycles. The Labute approximate surface area is 134 Å². The Morgan fingerprint density at radius 3 is 2.43 bits per heavy atom. The molecule has 1 fully saturated rings. The van der Waals surface area contributed by atoms with Gasteiger partial charge >= 0.3 is 0 Å². The number of nitrogens with one attached hydrogen (secondary N) is 1. The second-order valence-electron chi connectivity index (χ2n) is 6.02. The molecule has 2 nitrogen and oxygen atoms in total. The van der Waals surface area contributed by atoms with E-state index in [1.165, 1.54) is 50.8 Å². The molecule has 0 bridgehead atoms. The van der Waals surface area contributed by atoms with Crippen molar-refractivity contribution >= 4 is 11.6 Å². The van der Waals surface area contributed by atoms with Gasteiger partial charge in [-0.2, -0.15) is 0 Å². The zero-order chi connectivity index (χ0) is 15.1. The molecule has 0 radical (unpaired) electrons. The van der Waals surface area contributed by atoms with Gasteiger partial charge in [-0.1, -0.05) is 50.4 Å². The fraction of sp³-hybridized carbons (Fsp3) is 0.667. The van der Waals surface area contributed by atoms with Gasteiger partial charge in [-0.3, -0.25) is 0 Å². The van der Waals surface area contributed by atoms with Gasteiger partial charge in [0.2, 0.25) is 0 Å². The average molecular weight is 309 g/mol. The maximum atomic E-state index is 6.00. The first-order chi connectivity index (χ1) is 10.2. The summed E-state index contributed by atoms with van der Waals surface area (Å²) in [6.45, 7) is 7.83. The van der Waals surface area contributed by atoms with Gasteiger partial charge in [0.25, 0.3) is 0 Å². The van der Waals surface area contributed by atoms with E-state index in [4.69, 9.17) is 11.6 Å². The number of hydrogen-bond acceptors (Lipinski definition) is 2. The van der Waals surface area contributed by atoms with Crippen LogP contribution in [0.25, 0.3) is 0 Å². The number of rotatable bonds is 8. The lowest BCUT2D eigenvalue weighted by Gasteiger charge is -2.29. The molecule has 0 heterocycles. The van der Waals surface area contributed by atoms with Crippen LogP contribution in [0, 0.1) is 0 Å². The molecule has 0 amide bonds. The predicted molar refractivity (Wildman–Crippen MR) is 92.0 cm³/mol. The standard InChI is InChI=1S/C18H29ClN2/c1-3-20-18(15-9-11-16(19)12-10-15)13-14-21(4-2)17-7-5-6-8-17/h9-12,17-18,20H,3-8,13-14H2,1-2H3. The topological polar surface area (TPSA) is 15.3 Å². The van der Waals surface area contributed by atoms with Crippen LogP contribution in [-0.2, 0) is 0 Å². The first-order valence-corrected chi connectivity index (χ1v) is 8.85. The highest BCUT2D eigenvalue weighted by Crippen LogP contribution is 2.25. The maximum Gasteiger partial charge on any atom is 0.0406 e. The van der Waals surface area contributed by atoms with E-state index >= 15 is 0 Å². The van der Waals surface area contributed by atoms with Gasteiger partial charge in [0.05, 0.1) is 0 Å². The van der Waals surface area contributed by atoms with E-state index in [1.54, 1.807) is 0 Å². The molecule has 3 heteroatoms. The van der Waals surface area contributed by atoms with Gasteiger partial charge in [-0.15, -0.1) is 0 Å². The molecule has 1 saturated carbocycles. The summed E-state index contributed by atoms with van der Waals surface area (Å²) in [6, 6.07) is 9.56. The van der Waals surface area contributed by atoms with Crippen molar-refractivity contribution < 1.29 is 0 Å². The van der Waals surface area contributed by atoms with Gasteiger partial charge < -0.3 is 10.2 Å². The molecule has 0 aliphatic heterocycles. The van der Waals surface area contributed by atoms with Crippen molar-refractivity contribution in [1.82, 2.24) is 10.2 Å². The van der Waals surface area contributed by atoms with Crippen LogP contribution in [0.5, 0.6) is 0 Å². The molecule has 1 aliphatic carbocycles. The van der Waals surface area contributed by atoms with Crippen LogP contribution in [0.1, 0.15) is 57.6 Å². The summed E-state index contributed by atoms with van der Waals surface area (Å²) in [5.74, 6) is 0. The minimum Gasteiger partial charge on any atom is -0.310 e. The molecule has 0 aromatic heterocycles. The molecule has 0 spiro atoms. The van der Waals surface area contributed by atoms with E-state index in [9.17, 15) is 0 Å². The molecular formula is C18H29ClN2. The fourth-order valence-electron chi connectivity index (χ4n) is 3.49. The second-order valence-corrected chi connectivity index (χ2v) is 6.45. The van der Waals surface area contributed by atoms with E-state index in [0.29, 0.717) is 6.04 Å². The Kier molecular flexibility index (Phi) is 7.01. The third-order valence-electron chi connectivity index (χ3n) is 4.68. The van der Waals surface area contributed by atoms with E-state index in [0.717, 1.165) is 17.6 Å². The fourth-order valence-corrected chi connectivity index (χ4v) is 3.62. The molecule has 1 N–H and O–H groups in total. The zero-order valence-corrected chi connectivity index (χ0v) is 14.2. The summed E-state index contributed by atoms with van der Waals surface area (Å²) in [4.78, 5) is 2.67. The molecule has 1 atom stereocenters. The Bertz CT molecular complexity index is 398. The van der Waals surface area contributed by atoms with Gasteiger partial charge in [0, 0.05) is 23.7 Å². The van der Waals surface area contributed by atoms with Crippen molar-refractivity contribution in [3.63, 3.8) is 0 Å². The van der Waals surface area contributed by atoms with Crippen LogP contribution in [0.3, 0.4) is 0 Å². The summed E-state index contributed by atoms with van der Waals surface area (Å²) >= 11 is 6.00. The number of benzene rings is 1. The van der Waals surface area contributed by atoms with Gasteiger partial charge in [-0.25, -0.2) is 0 Å². The predicted octanol–water partition coefficient (Wildman–Crippen LogP) is 4.65. The highest BCUT2D eigenvalue weighted by atomic mass is 35.5. The summed E-state index contributed by atoms with van der Waals surface area (Å²) in [6.07, 6.45) is 6.77. The number of halogens is 1. The largest absolute Gasteiger partial charge is 0.310 e. The minimum atomic E-state index is 0.433. The van der Waals surface area contributed by atoms with Crippen LogP contribution >= 0.6 is 11.6 Å². The highest BCUT2D eigenvalue weighted by Gasteiger charge is 2.22. The lowest BCUT2D eigenvalue weighted by atomic mass is 10.0. The van der Waals surface area contributed by atoms with Crippen LogP contribution < -0.4 is 5.32 Å². The summed E-state index contributed by atoms with van der Waals surface area (Å²) in [7, 11) is 0. The molecule has 118 valence electrons. The highest BCUT2D eigenvalue weighted by molar-refractivity contribution is 6.30. The summed E-state index contributed by atoms with van der Waals surface area (Å²) in [5, 5.41) is 4.43. The average Bonchev–Trinajstić information content (AvgIpc) is 3.02. The normalized spacial score (nSPS) is 17.5. The van der Waals surface area contributed by atoms with Crippen molar-refractivity contribution in [3.05, 3.63) is 34.9 Å². The third kappa shape index (κ3) is 4.98. The van der Waals surface area contributed by atoms with Crippen LogP contribution in [0.4, 0.5) is 0 Å². The first-order valence-electron chi connectivity index (χ1n) is 8.47. The lowest BCUT2D eigenvalue weighted by molar-refractivity contribution is 0.198. The Balaban J connectivity index is 1.93. The summed E-state index contributed by atoms with van der Waals surface area (Å²) < 4.78 is 0. The van der Waals surface area contributed by atoms with E-state index in [-0.39, 0.29) is 0 Å². The summed E-state index contributed by atoms with van der Waals surface area (Å²) in [5.41, 5.74) is 1.35. The van der Waals surface area contributed by atoms with Crippen molar-refractivity contribution in [2.75, 3.05) is 19.6 Å². The zero-order valence-electron chi connectivity index (χ0n) is 13.4. The van der Waals surface area contributed by atoms with E-state index in [2.05, 4.69) is 36.2 Å². The van der Waals surface area contributed by atoms with Crippen molar-refractivity contribution in [2.24, 2.45) is 0 Å². The molecule has 1 aromatic carbocycles. The lowest BCUT2D eigenvalue weighted by Crippen LogP contribution is -2.36. The molecule has 2 rings (SSSR count). The molecule has 1 aliphatic rings. The Morgan fingerprint density at radius 1 is 1.19 bits per heavy atom. The monoisotopic (exact) mass is 308 g/mol. The molecule has 1 aromatic rings. The molecule has 21 heavy (non-hydrogen) atoms. The van der Waals surface area contributed by atoms with Crippen molar-refractivity contribution in [2.45, 2.75) is 58.0 Å². The Hall–Kier alpha value is -0.570. The van der Waals surface area contributed by atoms with Crippen molar-refractivity contribution in [3.8, 4) is 0 Å². The van der Waals surface area contributed by atoms with Crippen LogP contribution in [0.15, 0.2) is 24.3 Å². The molecule has 1 unspecified atom stereocenters. The van der Waals surface area contributed by atoms with Crippen molar-refractivity contribution in [1.29, 1.82) is 0 Å². The number of hydrogen-bond donors (Lipinski definition) is 1. The smallest absolute Gasteiger partial charge is 0.0406 e. The van der Waals surface area contributed by atoms with Crippen LogP contribution in [-0.4, -0.2) is 30.6 Å². The SMILES string of the molecule is CCNC(CCN(CC)C1CCCC1)c1ccc(Cl)cc1. The first kappa shape index (κ1) is 16.8. The maximum absolute atomic E-state index is 6.00. The van der Waals surface area contributed by atoms with Crippen LogP contribution in [0.2, 0.25) is 5.02 Å². The van der Waals surface area contributed by atoms with Gasteiger partial charge in [0.1, 0.15) is 0 Å². The second kappa shape index (κ2) is 8.77. The quantitative estimate of drug-likeness (QED) is 0.752. The van der Waals surface area contributed by atoms with Gasteiger partial charge in [0.15, 0.2) is 0 Å². The third-order valence-corrected chi connectivity index (χ3v) is 4.93. The molecular weight excluding hydrogens is 280 g/mol. The van der Waals surface area contributed by atoms with Gasteiger partial charge in [-0.05, 0) is 50.0 Å². The van der Waals surface area contributed by atoms with E-state index < -0.39 is 0 Å². The minimum absolute atomic E-state index is 0.433.